The van der Waals surface area contributed by atoms with Crippen LogP contribution in [0.15, 0.2) is 83.4 Å². The molecule has 1 aromatic carbocycles. The van der Waals surface area contributed by atoms with Gasteiger partial charge in [-0.1, -0.05) is 30.9 Å². The van der Waals surface area contributed by atoms with Crippen LogP contribution in [0, 0.1) is 0 Å². The Morgan fingerprint density at radius 2 is 1.96 bits per heavy atom. The third kappa shape index (κ3) is 3.31. The van der Waals surface area contributed by atoms with Gasteiger partial charge in [0, 0.05) is 9.75 Å². The number of hydrogen-bond acceptors (Lipinski definition) is 4. The maximum Gasteiger partial charge on any atom is 0.151 e. The summed E-state index contributed by atoms with van der Waals surface area (Å²) in [4.78, 5) is 2.41. The van der Waals surface area contributed by atoms with Crippen molar-refractivity contribution < 1.29 is 4.74 Å². The van der Waals surface area contributed by atoms with Crippen molar-refractivity contribution in [3.05, 3.63) is 88.3 Å². The molecule has 1 aliphatic rings. The molecule has 3 heterocycles. The molecule has 1 N–H and O–H groups in total. The molecule has 0 amide bonds. The first kappa shape index (κ1) is 15.9. The van der Waals surface area contributed by atoms with Gasteiger partial charge in [0.05, 0.1) is 11.4 Å². The molecule has 0 spiro atoms. The average molecular weight is 364 g/mol. The lowest BCUT2D eigenvalue weighted by Gasteiger charge is -2.22. The Kier molecular flexibility index (Phi) is 4.30. The van der Waals surface area contributed by atoms with Crippen molar-refractivity contribution in [3.8, 4) is 16.2 Å². The maximum absolute atomic E-state index is 6.05. The molecule has 25 heavy (non-hydrogen) atoms. The van der Waals surface area contributed by atoms with Gasteiger partial charge in [0.2, 0.25) is 0 Å². The van der Waals surface area contributed by atoms with Crippen molar-refractivity contribution in [3.63, 3.8) is 0 Å². The van der Waals surface area contributed by atoms with Crippen LogP contribution in [0.5, 0.6) is 5.75 Å². The monoisotopic (exact) mass is 363 g/mol. The summed E-state index contributed by atoms with van der Waals surface area (Å²) in [5.41, 5.74) is 4.10. The molecule has 0 bridgehead atoms. The summed E-state index contributed by atoms with van der Waals surface area (Å²) in [5, 5.41) is 7.60. The quantitative estimate of drug-likeness (QED) is 0.516. The Bertz CT molecular complexity index is 964. The third-order valence-corrected chi connectivity index (χ3v) is 5.85. The summed E-state index contributed by atoms with van der Waals surface area (Å²) in [6.45, 7) is 6.10. The first-order valence-corrected chi connectivity index (χ1v) is 9.71. The third-order valence-electron chi connectivity index (χ3n) is 3.99. The molecule has 0 saturated carbocycles. The topological polar surface area (TPSA) is 21.3 Å². The van der Waals surface area contributed by atoms with Crippen LogP contribution in [0.3, 0.4) is 0 Å². The summed E-state index contributed by atoms with van der Waals surface area (Å²) in [6, 6.07) is 14.6. The largest absolute Gasteiger partial charge is 0.458 e. The summed E-state index contributed by atoms with van der Waals surface area (Å²) in [7, 11) is 0. The van der Waals surface area contributed by atoms with Crippen LogP contribution in [0.1, 0.15) is 11.8 Å². The number of nitrogens with one attached hydrogen (secondary N) is 1. The highest BCUT2D eigenvalue weighted by Gasteiger charge is 2.16. The fourth-order valence-electron chi connectivity index (χ4n) is 2.65. The molecular formula is C21H17NOS2. The SMILES string of the molecule is C=C(/C=C\C1=C(C)Oc2cc(-c3cccs3)ccc2N1)c1cccs1. The van der Waals surface area contributed by atoms with Gasteiger partial charge in [-0.15, -0.1) is 22.7 Å². The molecule has 3 aromatic rings. The van der Waals surface area contributed by atoms with E-state index in [0.717, 1.165) is 28.5 Å². The average Bonchev–Trinajstić information content (AvgIpc) is 3.32. The highest BCUT2D eigenvalue weighted by Crippen LogP contribution is 2.37. The van der Waals surface area contributed by atoms with Gasteiger partial charge in [-0.25, -0.2) is 0 Å². The standard InChI is InChI=1S/C21H17NOS2/c1-14(20-5-3-11-24-20)7-9-17-15(2)23-19-13-16(8-10-18(19)22-17)21-6-4-12-25-21/h3-13,22H,1H2,2H3/b9-7-. The molecule has 0 saturated heterocycles. The number of allylic oxidation sites excluding steroid dienone is 4. The minimum atomic E-state index is 0.853. The Labute approximate surface area is 155 Å². The van der Waals surface area contributed by atoms with Crippen LogP contribution in [-0.4, -0.2) is 0 Å². The number of thiophene rings is 2. The summed E-state index contributed by atoms with van der Waals surface area (Å²) >= 11 is 3.42. The van der Waals surface area contributed by atoms with Gasteiger partial charge in [0.1, 0.15) is 5.76 Å². The van der Waals surface area contributed by atoms with Gasteiger partial charge in [-0.3, -0.25) is 0 Å². The Balaban J connectivity index is 1.56. The van der Waals surface area contributed by atoms with E-state index in [1.54, 1.807) is 22.7 Å². The van der Waals surface area contributed by atoms with Gasteiger partial charge in [-0.2, -0.15) is 0 Å². The van der Waals surface area contributed by atoms with E-state index in [9.17, 15) is 0 Å². The molecule has 0 unspecified atom stereocenters. The smallest absolute Gasteiger partial charge is 0.151 e. The lowest BCUT2D eigenvalue weighted by Crippen LogP contribution is -2.11. The fourth-order valence-corrected chi connectivity index (χ4v) is 4.05. The van der Waals surface area contributed by atoms with Crippen LogP contribution in [0.2, 0.25) is 0 Å². The molecule has 0 radical (unpaired) electrons. The van der Waals surface area contributed by atoms with E-state index >= 15 is 0 Å². The fraction of sp³-hybridized carbons (Fsp3) is 0.0476. The van der Waals surface area contributed by atoms with Gasteiger partial charge in [0.15, 0.2) is 5.75 Å². The maximum atomic E-state index is 6.05. The Hall–Kier alpha value is -2.56. The molecule has 2 aromatic heterocycles. The van der Waals surface area contributed by atoms with Gasteiger partial charge in [-0.05, 0) is 59.2 Å². The van der Waals surface area contributed by atoms with E-state index in [1.165, 1.54) is 15.3 Å². The number of fused-ring (bicyclic) bond motifs is 1. The minimum absolute atomic E-state index is 0.853. The molecule has 4 rings (SSSR count). The second-order valence-corrected chi connectivity index (χ2v) is 7.62. The van der Waals surface area contributed by atoms with Crippen molar-refractivity contribution >= 4 is 33.9 Å². The predicted molar refractivity (Wildman–Crippen MR) is 109 cm³/mol. The first-order chi connectivity index (χ1) is 12.2. The highest BCUT2D eigenvalue weighted by atomic mass is 32.1. The van der Waals surface area contributed by atoms with Crippen LogP contribution < -0.4 is 10.1 Å². The van der Waals surface area contributed by atoms with Crippen molar-refractivity contribution in [2.45, 2.75) is 6.92 Å². The molecule has 2 nitrogen and oxygen atoms in total. The lowest BCUT2D eigenvalue weighted by molar-refractivity contribution is 0.419. The van der Waals surface area contributed by atoms with E-state index in [0.29, 0.717) is 0 Å². The molecule has 124 valence electrons. The number of ether oxygens (including phenoxy) is 1. The molecule has 0 atom stereocenters. The van der Waals surface area contributed by atoms with E-state index in [-0.39, 0.29) is 0 Å². The normalized spacial score (nSPS) is 13.5. The van der Waals surface area contributed by atoms with Gasteiger partial charge >= 0.3 is 0 Å². The van der Waals surface area contributed by atoms with Crippen molar-refractivity contribution in [2.75, 3.05) is 5.32 Å². The van der Waals surface area contributed by atoms with E-state index in [1.807, 2.05) is 25.1 Å². The number of benzene rings is 1. The zero-order valence-corrected chi connectivity index (χ0v) is 15.4. The molecule has 0 fully saturated rings. The van der Waals surface area contributed by atoms with Gasteiger partial charge < -0.3 is 10.1 Å². The van der Waals surface area contributed by atoms with Crippen molar-refractivity contribution in [2.24, 2.45) is 0 Å². The number of rotatable bonds is 4. The molecular weight excluding hydrogens is 346 g/mol. The Morgan fingerprint density at radius 3 is 2.72 bits per heavy atom. The van der Waals surface area contributed by atoms with Crippen molar-refractivity contribution in [1.29, 1.82) is 0 Å². The second-order valence-electron chi connectivity index (χ2n) is 5.72. The van der Waals surface area contributed by atoms with E-state index < -0.39 is 0 Å². The first-order valence-electron chi connectivity index (χ1n) is 7.95. The molecule has 4 heteroatoms. The van der Waals surface area contributed by atoms with Crippen LogP contribution in [-0.2, 0) is 0 Å². The van der Waals surface area contributed by atoms with Crippen LogP contribution in [0.25, 0.3) is 16.0 Å². The Morgan fingerprint density at radius 1 is 1.12 bits per heavy atom. The highest BCUT2D eigenvalue weighted by molar-refractivity contribution is 7.13. The second kappa shape index (κ2) is 6.75. The predicted octanol–water partition coefficient (Wildman–Crippen LogP) is 6.78. The minimum Gasteiger partial charge on any atom is -0.458 e. The van der Waals surface area contributed by atoms with Crippen LogP contribution >= 0.6 is 22.7 Å². The summed E-state index contributed by atoms with van der Waals surface area (Å²) in [5.74, 6) is 1.71. The van der Waals surface area contributed by atoms with E-state index in [4.69, 9.17) is 4.74 Å². The van der Waals surface area contributed by atoms with Crippen LogP contribution in [0.4, 0.5) is 5.69 Å². The number of anilines is 1. The zero-order valence-electron chi connectivity index (χ0n) is 13.8. The molecule has 0 aliphatic carbocycles. The van der Waals surface area contributed by atoms with Gasteiger partial charge in [0.25, 0.3) is 0 Å². The molecule has 1 aliphatic heterocycles. The van der Waals surface area contributed by atoms with E-state index in [2.05, 4.69) is 59.1 Å². The summed E-state index contributed by atoms with van der Waals surface area (Å²) in [6.07, 6.45) is 4.04. The lowest BCUT2D eigenvalue weighted by atomic mass is 10.1. The summed E-state index contributed by atoms with van der Waals surface area (Å²) < 4.78 is 6.05. The number of hydrogen-bond donors (Lipinski definition) is 1. The zero-order chi connectivity index (χ0) is 17.2. The van der Waals surface area contributed by atoms with Crippen molar-refractivity contribution in [1.82, 2.24) is 0 Å².